The zero-order valence-electron chi connectivity index (χ0n) is 11.2. The van der Waals surface area contributed by atoms with E-state index in [0.717, 1.165) is 11.3 Å². The normalized spacial score (nSPS) is 9.90. The number of benzene rings is 2. The van der Waals surface area contributed by atoms with E-state index in [1.807, 2.05) is 12.1 Å². The van der Waals surface area contributed by atoms with Gasteiger partial charge in [-0.15, -0.1) is 0 Å². The lowest BCUT2D eigenvalue weighted by atomic mass is 10.1. The lowest BCUT2D eigenvalue weighted by Gasteiger charge is -2.23. The van der Waals surface area contributed by atoms with E-state index in [2.05, 4.69) is 6.07 Å². The second-order valence-corrected chi connectivity index (χ2v) is 4.97. The molecule has 4 nitrogen and oxygen atoms in total. The molecule has 0 aromatic heterocycles. The fraction of sp³-hybridized carbons (Fsp3) is 0.125. The first-order valence-electron chi connectivity index (χ1n) is 6.30. The van der Waals surface area contributed by atoms with Gasteiger partial charge in [-0.3, -0.25) is 4.79 Å². The Labute approximate surface area is 127 Å². The molecule has 0 radical (unpaired) electrons. The Morgan fingerprint density at radius 1 is 1.14 bits per heavy atom. The first kappa shape index (κ1) is 14.9. The summed E-state index contributed by atoms with van der Waals surface area (Å²) in [6.45, 7) is 0.335. The van der Waals surface area contributed by atoms with Crippen molar-refractivity contribution in [2.45, 2.75) is 6.54 Å². The Balaban J connectivity index is 2.21. The highest BCUT2D eigenvalue weighted by atomic mass is 35.5. The van der Waals surface area contributed by atoms with Gasteiger partial charge in [0.15, 0.2) is 0 Å². The fourth-order valence-corrected chi connectivity index (χ4v) is 2.08. The maximum Gasteiger partial charge on any atom is 0.323 e. The van der Waals surface area contributed by atoms with Gasteiger partial charge in [0.25, 0.3) is 0 Å². The van der Waals surface area contributed by atoms with Crippen molar-refractivity contribution in [2.75, 3.05) is 11.4 Å². The second kappa shape index (κ2) is 6.78. The molecule has 2 aromatic carbocycles. The quantitative estimate of drug-likeness (QED) is 0.920. The topological polar surface area (TPSA) is 64.3 Å². The van der Waals surface area contributed by atoms with Crippen molar-refractivity contribution in [1.29, 1.82) is 5.26 Å². The summed E-state index contributed by atoms with van der Waals surface area (Å²) >= 11 is 5.85. The Morgan fingerprint density at radius 3 is 2.29 bits per heavy atom. The van der Waals surface area contributed by atoms with Gasteiger partial charge in [-0.25, -0.2) is 0 Å². The number of carboxylic acid groups (broad SMARTS) is 1. The van der Waals surface area contributed by atoms with Crippen molar-refractivity contribution in [1.82, 2.24) is 0 Å². The molecule has 2 rings (SSSR count). The number of anilines is 1. The monoisotopic (exact) mass is 300 g/mol. The number of hydrogen-bond acceptors (Lipinski definition) is 3. The molecule has 0 saturated carbocycles. The summed E-state index contributed by atoms with van der Waals surface area (Å²) in [7, 11) is 0. The third-order valence-corrected chi connectivity index (χ3v) is 3.23. The van der Waals surface area contributed by atoms with E-state index < -0.39 is 5.97 Å². The van der Waals surface area contributed by atoms with Crippen LogP contribution >= 0.6 is 11.6 Å². The molecule has 2 aromatic rings. The van der Waals surface area contributed by atoms with E-state index >= 15 is 0 Å². The van der Waals surface area contributed by atoms with Crippen molar-refractivity contribution in [3.8, 4) is 6.07 Å². The van der Waals surface area contributed by atoms with Gasteiger partial charge in [0.2, 0.25) is 0 Å². The van der Waals surface area contributed by atoms with Crippen LogP contribution in [0.4, 0.5) is 5.69 Å². The molecule has 0 bridgehead atoms. The number of aliphatic carboxylic acids is 1. The highest BCUT2D eigenvalue weighted by Crippen LogP contribution is 2.20. The molecule has 0 aliphatic heterocycles. The van der Waals surface area contributed by atoms with Crippen LogP contribution in [0.3, 0.4) is 0 Å². The molecule has 21 heavy (non-hydrogen) atoms. The van der Waals surface area contributed by atoms with Crippen LogP contribution < -0.4 is 4.90 Å². The number of rotatable bonds is 5. The van der Waals surface area contributed by atoms with Crippen LogP contribution in [0.2, 0.25) is 5.02 Å². The highest BCUT2D eigenvalue weighted by molar-refractivity contribution is 6.30. The van der Waals surface area contributed by atoms with Crippen LogP contribution in [0.5, 0.6) is 0 Å². The number of hydrogen-bond donors (Lipinski definition) is 1. The highest BCUT2D eigenvalue weighted by Gasteiger charge is 2.11. The predicted octanol–water partition coefficient (Wildman–Crippen LogP) is 3.30. The Morgan fingerprint density at radius 2 is 1.76 bits per heavy atom. The molecule has 5 heteroatoms. The lowest BCUT2D eigenvalue weighted by molar-refractivity contribution is -0.135. The average Bonchev–Trinajstić information content (AvgIpc) is 2.48. The molecule has 0 heterocycles. The summed E-state index contributed by atoms with van der Waals surface area (Å²) in [5.74, 6) is -0.904. The van der Waals surface area contributed by atoms with Crippen molar-refractivity contribution >= 4 is 23.3 Å². The predicted molar refractivity (Wildman–Crippen MR) is 81.3 cm³/mol. The van der Waals surface area contributed by atoms with E-state index in [1.54, 1.807) is 41.3 Å². The molecule has 0 aliphatic carbocycles. The van der Waals surface area contributed by atoms with Crippen molar-refractivity contribution < 1.29 is 9.90 Å². The smallest absolute Gasteiger partial charge is 0.323 e. The number of carbonyl (C=O) groups is 1. The summed E-state index contributed by atoms with van der Waals surface area (Å²) < 4.78 is 0. The summed E-state index contributed by atoms with van der Waals surface area (Å²) in [5.41, 5.74) is 2.30. The standard InChI is InChI=1S/C16H13ClN2O2/c17-14-5-7-15(8-6-14)19(11-16(20)21)10-13-3-1-12(9-18)2-4-13/h1-8H,10-11H2,(H,20,21). The zero-order chi connectivity index (χ0) is 15.2. The first-order valence-corrected chi connectivity index (χ1v) is 6.67. The van der Waals surface area contributed by atoms with Crippen LogP contribution in [-0.4, -0.2) is 17.6 Å². The van der Waals surface area contributed by atoms with Crippen LogP contribution in [0.1, 0.15) is 11.1 Å². The van der Waals surface area contributed by atoms with Gasteiger partial charge in [0.05, 0.1) is 11.6 Å². The van der Waals surface area contributed by atoms with Gasteiger partial charge < -0.3 is 10.0 Å². The maximum absolute atomic E-state index is 11.0. The van der Waals surface area contributed by atoms with Gasteiger partial charge in [-0.1, -0.05) is 23.7 Å². The molecular weight excluding hydrogens is 288 g/mol. The molecule has 0 unspecified atom stereocenters. The van der Waals surface area contributed by atoms with Crippen molar-refractivity contribution in [2.24, 2.45) is 0 Å². The zero-order valence-corrected chi connectivity index (χ0v) is 11.9. The molecule has 0 amide bonds. The molecule has 106 valence electrons. The number of nitrogens with zero attached hydrogens (tertiary/aromatic N) is 2. The Hall–Kier alpha value is -2.51. The van der Waals surface area contributed by atoms with Crippen LogP contribution in [0.25, 0.3) is 0 Å². The number of halogens is 1. The summed E-state index contributed by atoms with van der Waals surface area (Å²) in [6.07, 6.45) is 0. The van der Waals surface area contributed by atoms with Gasteiger partial charge in [0, 0.05) is 17.3 Å². The lowest BCUT2D eigenvalue weighted by Crippen LogP contribution is -2.29. The second-order valence-electron chi connectivity index (χ2n) is 4.53. The maximum atomic E-state index is 11.0. The molecule has 0 aliphatic rings. The third kappa shape index (κ3) is 4.23. The molecule has 1 N–H and O–H groups in total. The minimum absolute atomic E-state index is 0.109. The van der Waals surface area contributed by atoms with Gasteiger partial charge >= 0.3 is 5.97 Å². The Bertz CT molecular complexity index is 660. The largest absolute Gasteiger partial charge is 0.480 e. The van der Waals surface area contributed by atoms with Crippen LogP contribution in [0.15, 0.2) is 48.5 Å². The van der Waals surface area contributed by atoms with E-state index in [-0.39, 0.29) is 6.54 Å². The van der Waals surface area contributed by atoms with Crippen LogP contribution in [-0.2, 0) is 11.3 Å². The summed E-state index contributed by atoms with van der Waals surface area (Å²) in [6, 6.07) is 16.2. The molecular formula is C16H13ClN2O2. The third-order valence-electron chi connectivity index (χ3n) is 2.97. The van der Waals surface area contributed by atoms with E-state index in [0.29, 0.717) is 17.1 Å². The SMILES string of the molecule is N#Cc1ccc(CN(CC(=O)O)c2ccc(Cl)cc2)cc1. The average molecular weight is 301 g/mol. The van der Waals surface area contributed by atoms with E-state index in [1.165, 1.54) is 0 Å². The summed E-state index contributed by atoms with van der Waals surface area (Å²) in [5, 5.41) is 18.4. The minimum Gasteiger partial charge on any atom is -0.480 e. The summed E-state index contributed by atoms with van der Waals surface area (Å²) in [4.78, 5) is 12.8. The molecule has 0 spiro atoms. The number of nitriles is 1. The van der Waals surface area contributed by atoms with E-state index in [4.69, 9.17) is 22.0 Å². The van der Waals surface area contributed by atoms with Crippen LogP contribution in [0, 0.1) is 11.3 Å². The number of carboxylic acids is 1. The molecule has 0 saturated heterocycles. The van der Waals surface area contributed by atoms with Gasteiger partial charge in [-0.05, 0) is 42.0 Å². The molecule has 0 atom stereocenters. The van der Waals surface area contributed by atoms with Crippen molar-refractivity contribution in [3.63, 3.8) is 0 Å². The molecule has 0 fully saturated rings. The van der Waals surface area contributed by atoms with Gasteiger partial charge in [-0.2, -0.15) is 5.26 Å². The first-order chi connectivity index (χ1) is 10.1. The minimum atomic E-state index is -0.904. The van der Waals surface area contributed by atoms with Gasteiger partial charge in [0.1, 0.15) is 6.54 Å². The Kier molecular flexibility index (Phi) is 4.81. The fourth-order valence-electron chi connectivity index (χ4n) is 1.96. The van der Waals surface area contributed by atoms with Crippen molar-refractivity contribution in [3.05, 3.63) is 64.7 Å². The van der Waals surface area contributed by atoms with E-state index in [9.17, 15) is 4.79 Å².